The van der Waals surface area contributed by atoms with Gasteiger partial charge in [-0.25, -0.2) is 17.8 Å². The Balaban J connectivity index is 2.40. The Morgan fingerprint density at radius 3 is 2.50 bits per heavy atom. The van der Waals surface area contributed by atoms with Gasteiger partial charge < -0.3 is 0 Å². The zero-order chi connectivity index (χ0) is 27.5. The van der Waals surface area contributed by atoms with Gasteiger partial charge in [0.05, 0.1) is 20.4 Å². The maximum atomic E-state index is 13.6. The summed E-state index contributed by atoms with van der Waals surface area (Å²) in [6.07, 6.45) is -6.61. The molecule has 3 rings (SSSR count). The number of nitrogens with one attached hydrogen (secondary N) is 1. The lowest BCUT2D eigenvalue weighted by molar-refractivity contribution is -0.141. The van der Waals surface area contributed by atoms with Gasteiger partial charge >= 0.3 is 6.18 Å². The molecule has 30 heavy (non-hydrogen) atoms. The summed E-state index contributed by atoms with van der Waals surface area (Å²) in [7, 11) is -3.67. The van der Waals surface area contributed by atoms with Crippen molar-refractivity contribution in [3.05, 3.63) is 64.8 Å². The molecule has 0 aliphatic carbocycles. The van der Waals surface area contributed by atoms with Crippen molar-refractivity contribution in [1.82, 2.24) is 14.5 Å². The lowest BCUT2D eigenvalue weighted by atomic mass is 10.0. The number of aryl methyl sites for hydroxylation is 2. The molecule has 1 heterocycles. The van der Waals surface area contributed by atoms with Crippen molar-refractivity contribution < 1.29 is 29.9 Å². The molecule has 3 aromatic rings. The van der Waals surface area contributed by atoms with E-state index in [1.54, 1.807) is 6.92 Å². The van der Waals surface area contributed by atoms with Crippen LogP contribution < -0.4 is 4.72 Å². The van der Waals surface area contributed by atoms with Crippen LogP contribution in [-0.2, 0) is 22.6 Å². The van der Waals surface area contributed by atoms with Gasteiger partial charge in [0.25, 0.3) is 0 Å². The summed E-state index contributed by atoms with van der Waals surface area (Å²) in [4.78, 5) is -0.770. The highest BCUT2D eigenvalue weighted by Gasteiger charge is 2.35. The number of sulfonamides is 1. The van der Waals surface area contributed by atoms with E-state index in [0.717, 1.165) is 14.0 Å². The van der Waals surface area contributed by atoms with Crippen LogP contribution in [0.25, 0.3) is 16.9 Å². The fourth-order valence-corrected chi connectivity index (χ4v) is 3.73. The number of hydrogen-bond donors (Lipinski definition) is 1. The van der Waals surface area contributed by atoms with Crippen LogP contribution in [0, 0.1) is 13.8 Å². The number of hydrogen-bond acceptors (Lipinski definition) is 3. The van der Waals surface area contributed by atoms with Gasteiger partial charge in [0.2, 0.25) is 10.0 Å². The van der Waals surface area contributed by atoms with Crippen LogP contribution in [0.3, 0.4) is 0 Å². The lowest BCUT2D eigenvalue weighted by Crippen LogP contribution is -2.19. The van der Waals surface area contributed by atoms with Gasteiger partial charge in [0, 0.05) is 8.30 Å². The Kier molecular flexibility index (Phi) is 3.99. The van der Waals surface area contributed by atoms with Crippen LogP contribution in [0.4, 0.5) is 13.2 Å². The summed E-state index contributed by atoms with van der Waals surface area (Å²) in [5.74, 6) is 0. The van der Waals surface area contributed by atoms with Crippen molar-refractivity contribution in [3.8, 4) is 16.9 Å². The number of nitrogens with zero attached hydrogens (tertiary/aromatic N) is 2. The van der Waals surface area contributed by atoms with Crippen LogP contribution in [0.15, 0.2) is 47.3 Å². The highest BCUT2D eigenvalue weighted by molar-refractivity contribution is 7.89. The molecule has 1 aromatic heterocycles. The van der Waals surface area contributed by atoms with Gasteiger partial charge in [0.15, 0.2) is 5.69 Å². The van der Waals surface area contributed by atoms with E-state index in [2.05, 4.69) is 5.10 Å². The second-order valence-electron chi connectivity index (χ2n) is 6.44. The second-order valence-corrected chi connectivity index (χ2v) is 8.16. The van der Waals surface area contributed by atoms with Gasteiger partial charge in [-0.3, -0.25) is 0 Å². The quantitative estimate of drug-likeness (QED) is 0.625. The maximum absolute atomic E-state index is 13.6. The maximum Gasteiger partial charge on any atom is 0.435 e. The highest BCUT2D eigenvalue weighted by Crippen LogP contribution is 2.34. The van der Waals surface area contributed by atoms with Crippen LogP contribution in [-0.4, -0.2) is 25.2 Å². The summed E-state index contributed by atoms with van der Waals surface area (Å²) in [5.41, 5.74) is -1.47. The van der Waals surface area contributed by atoms with Crippen LogP contribution >= 0.6 is 0 Å². The first-order valence-electron chi connectivity index (χ1n) is 11.6. The topological polar surface area (TPSA) is 64.0 Å². The Bertz CT molecular complexity index is 1440. The van der Waals surface area contributed by atoms with Gasteiger partial charge in [0.1, 0.15) is 1.41 Å². The molecule has 2 aromatic carbocycles. The average molecular weight is 444 g/mol. The fourth-order valence-electron chi connectivity index (χ4n) is 2.93. The van der Waals surface area contributed by atoms with Crippen molar-refractivity contribution in [2.24, 2.45) is 0 Å². The summed E-state index contributed by atoms with van der Waals surface area (Å²) >= 11 is 0. The summed E-state index contributed by atoms with van der Waals surface area (Å²) < 4.78 is 115. The minimum atomic E-state index is -4.89. The second kappa shape index (κ2) is 7.88. The van der Waals surface area contributed by atoms with E-state index in [9.17, 15) is 21.6 Å². The molecule has 1 N–H and O–H groups in total. The van der Waals surface area contributed by atoms with E-state index in [1.165, 1.54) is 25.1 Å². The predicted molar refractivity (Wildman–Crippen MR) is 109 cm³/mol. The molecule has 9 heteroatoms. The van der Waals surface area contributed by atoms with Crippen molar-refractivity contribution >= 4 is 10.0 Å². The Labute approximate surface area is 182 Å². The number of aromatic nitrogens is 2. The van der Waals surface area contributed by atoms with Crippen molar-refractivity contribution in [3.63, 3.8) is 0 Å². The molecule has 0 saturated heterocycles. The first-order chi connectivity index (χ1) is 16.3. The zero-order valence-corrected chi connectivity index (χ0v) is 17.3. The van der Waals surface area contributed by atoms with Crippen molar-refractivity contribution in [1.29, 1.82) is 0 Å². The molecule has 0 aliphatic heterocycles. The number of rotatable bonds is 5. The van der Waals surface area contributed by atoms with Crippen LogP contribution in [0.1, 0.15) is 36.2 Å². The first-order valence-corrected chi connectivity index (χ1v) is 10.1. The molecule has 0 radical (unpaired) electrons. The van der Waals surface area contributed by atoms with E-state index < -0.39 is 57.0 Å². The van der Waals surface area contributed by atoms with Gasteiger partial charge in [-0.15, -0.1) is 0 Å². The largest absolute Gasteiger partial charge is 0.435 e. The Hall–Kier alpha value is -2.65. The van der Waals surface area contributed by atoms with E-state index in [0.29, 0.717) is 21.9 Å². The summed E-state index contributed by atoms with van der Waals surface area (Å²) in [5, 5.41) is 3.56. The van der Waals surface area contributed by atoms with Crippen molar-refractivity contribution in [2.75, 3.05) is 7.05 Å². The minimum Gasteiger partial charge on any atom is -0.232 e. The first kappa shape index (κ1) is 15.2. The van der Waals surface area contributed by atoms with Gasteiger partial charge in [-0.1, -0.05) is 19.1 Å². The highest BCUT2D eigenvalue weighted by atomic mass is 32.2. The molecule has 160 valence electrons. The molecular weight excluding hydrogens is 415 g/mol. The smallest absolute Gasteiger partial charge is 0.232 e. The summed E-state index contributed by atoms with van der Waals surface area (Å²) in [6, 6.07) is 2.55. The standard InChI is InChI=1S/C21H22F3N3O2S/c1-5-15-6-7-16(10-13(15)2)18-12-20(21(22,23)24)26-27(18)17-8-9-19(14(3)11-17)30(28,29)25-4/h6-12,25H,5H2,1-4H3/i5D2,8D,9D,11D/hD. The monoisotopic (exact) mass is 443 g/mol. The third-order valence-corrected chi connectivity index (χ3v) is 5.85. The zero-order valence-electron chi connectivity index (χ0n) is 22.5. The van der Waals surface area contributed by atoms with E-state index in [1.807, 2.05) is 0 Å². The van der Waals surface area contributed by atoms with Crippen LogP contribution in [0.2, 0.25) is 1.41 Å². The van der Waals surface area contributed by atoms with E-state index >= 15 is 0 Å². The van der Waals surface area contributed by atoms with Crippen LogP contribution in [0.5, 0.6) is 0 Å². The molecule has 0 unspecified atom stereocenters. The predicted octanol–water partition coefficient (Wildman–Crippen LogP) is 4.65. The number of alkyl halides is 3. The molecule has 0 spiro atoms. The third-order valence-electron chi connectivity index (χ3n) is 4.44. The minimum absolute atomic E-state index is 0.0731. The normalized spacial score (nSPS) is 15.9. The van der Waals surface area contributed by atoms with E-state index in [4.69, 9.17) is 8.27 Å². The molecule has 0 atom stereocenters. The molecule has 0 bridgehead atoms. The van der Waals surface area contributed by atoms with Gasteiger partial charge in [-0.05, 0) is 74.2 Å². The molecule has 0 aliphatic rings. The average Bonchev–Trinajstić information content (AvgIpc) is 3.17. The number of benzene rings is 2. The number of halogens is 3. The molecule has 0 amide bonds. The Morgan fingerprint density at radius 2 is 1.93 bits per heavy atom. The molecule has 0 saturated carbocycles. The van der Waals surface area contributed by atoms with E-state index in [-0.39, 0.29) is 21.5 Å². The summed E-state index contributed by atoms with van der Waals surface area (Å²) in [6.45, 7) is 4.08. The molecule has 5 nitrogen and oxygen atoms in total. The Morgan fingerprint density at radius 1 is 1.23 bits per heavy atom. The SMILES string of the molecule is [2H]c1c([2H])c(S(=O)(=O)N([2H])C)c(C)c([2H])c1-n1nc(C(F)(F)F)cc1-c1ccc(C([2H])([2H])C)c(C)c1. The third kappa shape index (κ3) is 4.13. The fraction of sp³-hybridized carbons (Fsp3) is 0.286. The van der Waals surface area contributed by atoms with Gasteiger partial charge in [-0.2, -0.15) is 18.3 Å². The molecular formula is C21H22F3N3O2S. The molecule has 0 fully saturated rings. The van der Waals surface area contributed by atoms with Crippen molar-refractivity contribution in [2.45, 2.75) is 38.2 Å². The lowest BCUT2D eigenvalue weighted by Gasteiger charge is -2.12.